The molecule has 2 rings (SSSR count). The third kappa shape index (κ3) is 3.06. The molecule has 1 aliphatic rings. The van der Waals surface area contributed by atoms with Crippen LogP contribution in [-0.4, -0.2) is 59.7 Å². The maximum Gasteiger partial charge on any atom is 0.322 e. The molecule has 0 bridgehead atoms. The molecule has 0 aromatic carbocycles. The highest BCUT2D eigenvalue weighted by Gasteiger charge is 2.34. The highest BCUT2D eigenvalue weighted by molar-refractivity contribution is 8.01. The van der Waals surface area contributed by atoms with Gasteiger partial charge in [-0.2, -0.15) is 26.7 Å². The number of hydrogen-bond donors (Lipinski definition) is 1. The first-order valence-electron chi connectivity index (χ1n) is 6.09. The molecule has 2 heterocycles. The summed E-state index contributed by atoms with van der Waals surface area (Å²) in [5.74, 6) is 1.63. The van der Waals surface area contributed by atoms with E-state index in [-0.39, 0.29) is 23.7 Å². The Morgan fingerprint density at radius 1 is 1.45 bits per heavy atom. The fourth-order valence-corrected chi connectivity index (χ4v) is 4.84. The van der Waals surface area contributed by atoms with Gasteiger partial charge in [0, 0.05) is 23.8 Å². The number of nitrogens with zero attached hydrogens (tertiary/aromatic N) is 4. The number of rotatable bonds is 4. The van der Waals surface area contributed by atoms with Crippen LogP contribution in [0.3, 0.4) is 0 Å². The maximum absolute atomic E-state index is 12.2. The Balaban J connectivity index is 2.40. The molecule has 2 N–H and O–H groups in total. The van der Waals surface area contributed by atoms with Crippen LogP contribution in [0.15, 0.2) is 0 Å². The van der Waals surface area contributed by atoms with Crippen molar-refractivity contribution in [3.05, 3.63) is 0 Å². The van der Waals surface area contributed by atoms with E-state index in [4.69, 9.17) is 10.5 Å². The molecule has 1 saturated heterocycles. The lowest BCUT2D eigenvalue weighted by Crippen LogP contribution is -2.48. The average molecular weight is 319 g/mol. The average Bonchev–Trinajstić information content (AvgIpc) is 2.46. The maximum atomic E-state index is 12.2. The molecule has 20 heavy (non-hydrogen) atoms. The van der Waals surface area contributed by atoms with Crippen LogP contribution in [-0.2, 0) is 9.84 Å². The molecule has 1 atom stereocenters. The second kappa shape index (κ2) is 6.00. The Bertz CT molecular complexity index is 580. The van der Waals surface area contributed by atoms with Gasteiger partial charge in [-0.05, 0) is 0 Å². The Labute approximate surface area is 122 Å². The predicted octanol–water partition coefficient (Wildman–Crippen LogP) is -0.224. The van der Waals surface area contributed by atoms with Gasteiger partial charge in [0.2, 0.25) is 11.9 Å². The summed E-state index contributed by atoms with van der Waals surface area (Å²) in [4.78, 5) is 13.6. The summed E-state index contributed by atoms with van der Waals surface area (Å²) in [5, 5.41) is -0.641. The molecule has 1 aliphatic heterocycles. The van der Waals surface area contributed by atoms with E-state index in [0.29, 0.717) is 12.3 Å². The first-order valence-corrected chi connectivity index (χ1v) is 8.96. The van der Waals surface area contributed by atoms with Crippen molar-refractivity contribution in [1.29, 1.82) is 0 Å². The van der Waals surface area contributed by atoms with Crippen LogP contribution in [0, 0.1) is 0 Å². The van der Waals surface area contributed by atoms with Crippen LogP contribution in [0.2, 0.25) is 0 Å². The molecule has 1 fully saturated rings. The van der Waals surface area contributed by atoms with E-state index in [1.807, 2.05) is 0 Å². The molecule has 10 heteroatoms. The van der Waals surface area contributed by atoms with Crippen molar-refractivity contribution in [2.24, 2.45) is 0 Å². The zero-order valence-electron chi connectivity index (χ0n) is 11.3. The number of nitrogen functional groups attached to an aromatic ring is 1. The number of ether oxygens (including phenoxy) is 1. The van der Waals surface area contributed by atoms with E-state index >= 15 is 0 Å². The van der Waals surface area contributed by atoms with Crippen LogP contribution in [0.4, 0.5) is 11.9 Å². The van der Waals surface area contributed by atoms with Crippen LogP contribution >= 0.6 is 11.8 Å². The van der Waals surface area contributed by atoms with Crippen molar-refractivity contribution >= 4 is 33.5 Å². The fourth-order valence-electron chi connectivity index (χ4n) is 1.88. The molecule has 8 nitrogen and oxygen atoms in total. The van der Waals surface area contributed by atoms with E-state index in [1.165, 1.54) is 7.11 Å². The molecular formula is C10H17N5O3S2. The van der Waals surface area contributed by atoms with Gasteiger partial charge in [-0.3, -0.25) is 0 Å². The van der Waals surface area contributed by atoms with Gasteiger partial charge >= 0.3 is 6.01 Å². The minimum atomic E-state index is -3.23. The highest BCUT2D eigenvalue weighted by Crippen LogP contribution is 2.26. The molecule has 0 spiro atoms. The van der Waals surface area contributed by atoms with Crippen LogP contribution in [0.5, 0.6) is 6.01 Å². The lowest BCUT2D eigenvalue weighted by atomic mass is 10.5. The zero-order valence-corrected chi connectivity index (χ0v) is 12.9. The Morgan fingerprint density at radius 2 is 2.20 bits per heavy atom. The van der Waals surface area contributed by atoms with Crippen LogP contribution in [0.25, 0.3) is 0 Å². The van der Waals surface area contributed by atoms with E-state index in [2.05, 4.69) is 15.0 Å². The lowest BCUT2D eigenvalue weighted by molar-refractivity contribution is 0.378. The number of aromatic nitrogens is 3. The lowest BCUT2D eigenvalue weighted by Gasteiger charge is -2.34. The van der Waals surface area contributed by atoms with Crippen molar-refractivity contribution < 1.29 is 13.2 Å². The molecule has 1 aromatic heterocycles. The van der Waals surface area contributed by atoms with E-state index < -0.39 is 15.2 Å². The van der Waals surface area contributed by atoms with Crippen molar-refractivity contribution in [1.82, 2.24) is 15.0 Å². The van der Waals surface area contributed by atoms with E-state index in [0.717, 1.165) is 5.75 Å². The van der Waals surface area contributed by atoms with Crippen molar-refractivity contribution in [2.75, 3.05) is 41.5 Å². The minimum Gasteiger partial charge on any atom is -0.467 e. The molecule has 0 aliphatic carbocycles. The summed E-state index contributed by atoms with van der Waals surface area (Å²) >= 11 is 1.60. The second-order valence-electron chi connectivity index (χ2n) is 4.15. The molecule has 112 valence electrons. The standard InChI is InChI=1S/C10H17N5O3S2/c1-3-20(16,17)7-6-19-5-4-15(7)9-12-8(11)13-10(14-9)18-2/h7H,3-6H2,1-2H3,(H2,11,12,13,14). The first-order chi connectivity index (χ1) is 9.47. The van der Waals surface area contributed by atoms with Crippen LogP contribution in [0.1, 0.15) is 6.92 Å². The third-order valence-electron chi connectivity index (χ3n) is 2.96. The van der Waals surface area contributed by atoms with Gasteiger partial charge in [0.1, 0.15) is 5.37 Å². The summed E-state index contributed by atoms with van der Waals surface area (Å²) in [7, 11) is -1.81. The normalized spacial score (nSPS) is 19.9. The molecule has 0 saturated carbocycles. The second-order valence-corrected chi connectivity index (χ2v) is 7.75. The van der Waals surface area contributed by atoms with Gasteiger partial charge in [0.05, 0.1) is 7.11 Å². The number of anilines is 2. The topological polar surface area (TPSA) is 111 Å². The number of thioether (sulfide) groups is 1. The SMILES string of the molecule is CCS(=O)(=O)C1CSCCN1c1nc(N)nc(OC)n1. The highest BCUT2D eigenvalue weighted by atomic mass is 32.2. The quantitative estimate of drug-likeness (QED) is 0.804. The van der Waals surface area contributed by atoms with Gasteiger partial charge < -0.3 is 15.4 Å². The Morgan fingerprint density at radius 3 is 2.85 bits per heavy atom. The largest absolute Gasteiger partial charge is 0.467 e. The number of nitrogens with two attached hydrogens (primary N) is 1. The van der Waals surface area contributed by atoms with Gasteiger partial charge in [-0.1, -0.05) is 6.92 Å². The van der Waals surface area contributed by atoms with Gasteiger partial charge in [-0.25, -0.2) is 8.42 Å². The van der Waals surface area contributed by atoms with Gasteiger partial charge in [0.15, 0.2) is 9.84 Å². The summed E-state index contributed by atoms with van der Waals surface area (Å²) < 4.78 is 29.3. The predicted molar refractivity (Wildman–Crippen MR) is 78.7 cm³/mol. The van der Waals surface area contributed by atoms with Crippen molar-refractivity contribution in [2.45, 2.75) is 12.3 Å². The third-order valence-corrected chi connectivity index (χ3v) is 6.25. The first kappa shape index (κ1) is 15.1. The van der Waals surface area contributed by atoms with Crippen LogP contribution < -0.4 is 15.4 Å². The number of methoxy groups -OCH3 is 1. The number of sulfone groups is 1. The van der Waals surface area contributed by atoms with Gasteiger partial charge in [0.25, 0.3) is 0 Å². The Hall–Kier alpha value is -1.29. The summed E-state index contributed by atoms with van der Waals surface area (Å²) in [6, 6.07) is 0.0818. The molecule has 1 unspecified atom stereocenters. The fraction of sp³-hybridized carbons (Fsp3) is 0.700. The molecule has 1 aromatic rings. The molecule has 0 radical (unpaired) electrons. The molecular weight excluding hydrogens is 302 g/mol. The van der Waals surface area contributed by atoms with E-state index in [9.17, 15) is 8.42 Å². The Kier molecular flexibility index (Phi) is 4.53. The molecule has 0 amide bonds. The minimum absolute atomic E-state index is 0.0118. The summed E-state index contributed by atoms with van der Waals surface area (Å²) in [6.45, 7) is 2.18. The van der Waals surface area contributed by atoms with Crippen molar-refractivity contribution in [3.63, 3.8) is 0 Å². The number of hydrogen-bond acceptors (Lipinski definition) is 9. The van der Waals surface area contributed by atoms with Gasteiger partial charge in [-0.15, -0.1) is 0 Å². The van der Waals surface area contributed by atoms with Crippen molar-refractivity contribution in [3.8, 4) is 6.01 Å². The monoisotopic (exact) mass is 319 g/mol. The van der Waals surface area contributed by atoms with E-state index in [1.54, 1.807) is 23.6 Å². The summed E-state index contributed by atoms with van der Waals surface area (Å²) in [6.07, 6.45) is 0. The smallest absolute Gasteiger partial charge is 0.322 e. The zero-order chi connectivity index (χ0) is 14.8. The summed E-state index contributed by atoms with van der Waals surface area (Å²) in [5.41, 5.74) is 5.61.